The Labute approximate surface area is 215 Å². The fourth-order valence-corrected chi connectivity index (χ4v) is 5.71. The molecule has 6 rings (SSSR count). The molecule has 4 aromatic rings. The summed E-state index contributed by atoms with van der Waals surface area (Å²) in [4.78, 5) is 27.2. The van der Waals surface area contributed by atoms with Gasteiger partial charge in [-0.2, -0.15) is 10.4 Å². The number of fused-ring (bicyclic) bond motifs is 2. The lowest BCUT2D eigenvalue weighted by Gasteiger charge is -2.47. The molecule has 0 bridgehead atoms. The van der Waals surface area contributed by atoms with Gasteiger partial charge >= 0.3 is 0 Å². The summed E-state index contributed by atoms with van der Waals surface area (Å²) in [6.07, 6.45) is 6.15. The monoisotopic (exact) mass is 496 g/mol. The van der Waals surface area contributed by atoms with E-state index in [4.69, 9.17) is 10.2 Å². The zero-order valence-corrected chi connectivity index (χ0v) is 21.8. The van der Waals surface area contributed by atoms with Gasteiger partial charge in [0.25, 0.3) is 5.56 Å². The molecule has 2 aliphatic rings. The van der Waals surface area contributed by atoms with Crippen LogP contribution in [0.15, 0.2) is 41.5 Å². The van der Waals surface area contributed by atoms with Crippen molar-refractivity contribution in [2.45, 2.75) is 64.2 Å². The van der Waals surface area contributed by atoms with Crippen molar-refractivity contribution in [1.29, 1.82) is 5.26 Å². The van der Waals surface area contributed by atoms with E-state index in [0.717, 1.165) is 46.5 Å². The van der Waals surface area contributed by atoms with Crippen molar-refractivity contribution < 1.29 is 0 Å². The Morgan fingerprint density at radius 3 is 2.70 bits per heavy atom. The van der Waals surface area contributed by atoms with Crippen molar-refractivity contribution in [2.24, 2.45) is 7.05 Å². The molecular weight excluding hydrogens is 464 g/mol. The van der Waals surface area contributed by atoms with Crippen LogP contribution in [0.25, 0.3) is 22.1 Å². The van der Waals surface area contributed by atoms with Crippen LogP contribution in [-0.2, 0) is 13.6 Å². The third-order valence-corrected chi connectivity index (χ3v) is 8.07. The van der Waals surface area contributed by atoms with Crippen molar-refractivity contribution in [1.82, 2.24) is 29.2 Å². The fraction of sp³-hybridized carbons (Fsp3) is 0.464. The summed E-state index contributed by atoms with van der Waals surface area (Å²) in [7, 11) is 1.75. The number of nitriles is 1. The number of anilines is 1. The molecule has 3 atom stereocenters. The molecule has 0 amide bonds. The summed E-state index contributed by atoms with van der Waals surface area (Å²) in [5.74, 6) is 0.583. The van der Waals surface area contributed by atoms with Gasteiger partial charge in [-0.25, -0.2) is 4.98 Å². The summed E-state index contributed by atoms with van der Waals surface area (Å²) in [5, 5.41) is 13.8. The van der Waals surface area contributed by atoms with Gasteiger partial charge in [-0.05, 0) is 51.3 Å². The van der Waals surface area contributed by atoms with Crippen molar-refractivity contribution in [3.63, 3.8) is 0 Å². The van der Waals surface area contributed by atoms with Crippen LogP contribution in [0.2, 0.25) is 0 Å². The van der Waals surface area contributed by atoms with Gasteiger partial charge in [-0.3, -0.25) is 19.4 Å². The Bertz CT molecular complexity index is 1590. The SMILES string of the molecule is CC(c1ccc2ncc(C3CC3)nc2c1)N1C[C@H](C)N(c2cc(=O)n(C)c3cn(CC#N)nc23)C[C@H]1C. The summed E-state index contributed by atoms with van der Waals surface area (Å²) in [6.45, 7) is 8.49. The topological polar surface area (TPSA) is 95.9 Å². The molecule has 1 unspecified atom stereocenters. The molecule has 0 radical (unpaired) electrons. The number of aromatic nitrogens is 5. The van der Waals surface area contributed by atoms with Crippen LogP contribution in [0.3, 0.4) is 0 Å². The number of nitrogens with zero attached hydrogens (tertiary/aromatic N) is 8. The zero-order chi connectivity index (χ0) is 25.8. The van der Waals surface area contributed by atoms with Gasteiger partial charge in [0.15, 0.2) is 0 Å². The van der Waals surface area contributed by atoms with Crippen LogP contribution in [0.4, 0.5) is 5.69 Å². The molecular formula is C28H32N8O. The normalized spacial score (nSPS) is 21.4. The highest BCUT2D eigenvalue weighted by molar-refractivity contribution is 5.88. The van der Waals surface area contributed by atoms with Crippen LogP contribution in [0.1, 0.15) is 56.8 Å². The fourth-order valence-electron chi connectivity index (χ4n) is 5.71. The standard InChI is InChI=1S/C28H32N8O/c1-17-15-36(25-12-27(37)33(4)26-16-34(10-9-29)32-28(25)26)18(2)14-35(17)19(3)21-7-8-22-23(11-21)31-24(13-30-22)20-5-6-20/h7-8,11-13,16-20H,5-6,10,14-15H2,1-4H3/t17-,18+,19?/m1/s1. The summed E-state index contributed by atoms with van der Waals surface area (Å²) in [5.41, 5.74) is 6.56. The van der Waals surface area contributed by atoms with Gasteiger partial charge in [-0.1, -0.05) is 6.07 Å². The van der Waals surface area contributed by atoms with Crippen LogP contribution in [0.5, 0.6) is 0 Å². The van der Waals surface area contributed by atoms with Crippen molar-refractivity contribution >= 4 is 27.8 Å². The highest BCUT2D eigenvalue weighted by Crippen LogP contribution is 2.39. The first-order valence-corrected chi connectivity index (χ1v) is 13.1. The van der Waals surface area contributed by atoms with E-state index in [-0.39, 0.29) is 30.2 Å². The molecule has 37 heavy (non-hydrogen) atoms. The Morgan fingerprint density at radius 2 is 1.95 bits per heavy atom. The van der Waals surface area contributed by atoms with Crippen molar-refractivity contribution in [3.8, 4) is 6.07 Å². The predicted molar refractivity (Wildman–Crippen MR) is 143 cm³/mol. The van der Waals surface area contributed by atoms with E-state index in [0.29, 0.717) is 5.92 Å². The van der Waals surface area contributed by atoms with Gasteiger partial charge < -0.3 is 9.47 Å². The second kappa shape index (κ2) is 8.96. The largest absolute Gasteiger partial charge is 0.364 e. The lowest BCUT2D eigenvalue weighted by atomic mass is 9.99. The quantitative estimate of drug-likeness (QED) is 0.415. The van der Waals surface area contributed by atoms with E-state index < -0.39 is 0 Å². The van der Waals surface area contributed by atoms with E-state index in [1.165, 1.54) is 18.4 Å². The zero-order valence-electron chi connectivity index (χ0n) is 21.8. The second-order valence-corrected chi connectivity index (χ2v) is 10.7. The maximum absolute atomic E-state index is 12.8. The van der Waals surface area contributed by atoms with E-state index in [9.17, 15) is 4.79 Å². The Hall–Kier alpha value is -3.77. The summed E-state index contributed by atoms with van der Waals surface area (Å²) in [6, 6.07) is 10.9. The molecule has 0 spiro atoms. The highest BCUT2D eigenvalue weighted by Gasteiger charge is 2.34. The Kier molecular flexibility index (Phi) is 5.72. The molecule has 3 aromatic heterocycles. The molecule has 1 aliphatic heterocycles. The van der Waals surface area contributed by atoms with E-state index in [1.54, 1.807) is 28.6 Å². The Morgan fingerprint density at radius 1 is 1.14 bits per heavy atom. The van der Waals surface area contributed by atoms with Gasteiger partial charge in [0, 0.05) is 56.4 Å². The number of benzene rings is 1. The number of hydrogen-bond donors (Lipinski definition) is 0. The average molecular weight is 497 g/mol. The van der Waals surface area contributed by atoms with Crippen molar-refractivity contribution in [3.05, 3.63) is 58.3 Å². The number of pyridine rings is 1. The smallest absolute Gasteiger partial charge is 0.252 e. The van der Waals surface area contributed by atoms with Crippen molar-refractivity contribution in [2.75, 3.05) is 18.0 Å². The minimum absolute atomic E-state index is 0.0718. The Balaban J connectivity index is 1.28. The first-order valence-electron chi connectivity index (χ1n) is 13.1. The molecule has 9 heteroatoms. The third kappa shape index (κ3) is 4.15. The van der Waals surface area contributed by atoms with Crippen LogP contribution in [-0.4, -0.2) is 54.4 Å². The molecule has 1 aromatic carbocycles. The molecule has 190 valence electrons. The first kappa shape index (κ1) is 23.6. The molecule has 0 N–H and O–H groups in total. The predicted octanol–water partition coefficient (Wildman–Crippen LogP) is 3.74. The van der Waals surface area contributed by atoms with Gasteiger partial charge in [0.1, 0.15) is 12.1 Å². The molecule has 9 nitrogen and oxygen atoms in total. The van der Waals surface area contributed by atoms with Gasteiger partial charge in [-0.15, -0.1) is 0 Å². The molecule has 1 aliphatic carbocycles. The number of hydrogen-bond acceptors (Lipinski definition) is 7. The molecule has 4 heterocycles. The summed E-state index contributed by atoms with van der Waals surface area (Å²) < 4.78 is 3.21. The maximum Gasteiger partial charge on any atom is 0.252 e. The minimum Gasteiger partial charge on any atom is -0.364 e. The van der Waals surface area contributed by atoms with Gasteiger partial charge in [0.05, 0.1) is 40.2 Å². The third-order valence-electron chi connectivity index (χ3n) is 8.07. The van der Waals surface area contributed by atoms with E-state index >= 15 is 0 Å². The van der Waals surface area contributed by atoms with Crippen LogP contribution >= 0.6 is 0 Å². The number of piperazine rings is 1. The molecule has 1 saturated carbocycles. The lowest BCUT2D eigenvalue weighted by Crippen LogP contribution is -2.57. The summed E-state index contributed by atoms with van der Waals surface area (Å²) >= 11 is 0. The number of aryl methyl sites for hydroxylation is 1. The average Bonchev–Trinajstić information content (AvgIpc) is 3.66. The van der Waals surface area contributed by atoms with Crippen LogP contribution < -0.4 is 10.5 Å². The minimum atomic E-state index is -0.0718. The van der Waals surface area contributed by atoms with E-state index in [2.05, 4.69) is 64.9 Å². The highest BCUT2D eigenvalue weighted by atomic mass is 16.1. The molecule has 1 saturated heterocycles. The van der Waals surface area contributed by atoms with E-state index in [1.807, 2.05) is 6.20 Å². The molecule has 2 fully saturated rings. The maximum atomic E-state index is 12.8. The first-order chi connectivity index (χ1) is 17.8. The second-order valence-electron chi connectivity index (χ2n) is 10.7. The van der Waals surface area contributed by atoms with Gasteiger partial charge in [0.2, 0.25) is 0 Å². The number of rotatable bonds is 5. The lowest BCUT2D eigenvalue weighted by molar-refractivity contribution is 0.119. The van der Waals surface area contributed by atoms with Crippen LogP contribution in [0, 0.1) is 11.3 Å².